The molecule has 1 aromatic heterocycles. The average Bonchev–Trinajstić information content (AvgIpc) is 3.11. The van der Waals surface area contributed by atoms with Crippen molar-refractivity contribution in [3.63, 3.8) is 0 Å². The Morgan fingerprint density at radius 2 is 1.85 bits per heavy atom. The number of benzene rings is 2. The van der Waals surface area contributed by atoms with Crippen LogP contribution >= 0.6 is 34.8 Å². The van der Waals surface area contributed by atoms with E-state index < -0.39 is 24.2 Å². The van der Waals surface area contributed by atoms with Gasteiger partial charge in [-0.2, -0.15) is 18.3 Å². The van der Waals surface area contributed by atoms with Crippen LogP contribution in [0, 0.1) is 0 Å². The lowest BCUT2D eigenvalue weighted by molar-refractivity contribution is -0.173. The van der Waals surface area contributed by atoms with Crippen LogP contribution in [0.25, 0.3) is 0 Å². The maximum absolute atomic E-state index is 13.9. The Balaban J connectivity index is 1.68. The van der Waals surface area contributed by atoms with E-state index in [1.807, 2.05) is 0 Å². The van der Waals surface area contributed by atoms with Gasteiger partial charge >= 0.3 is 6.18 Å². The number of nitrogens with zero attached hydrogens (tertiary/aromatic N) is 2. The van der Waals surface area contributed by atoms with Crippen LogP contribution in [0.4, 0.5) is 24.7 Å². The molecule has 0 saturated heterocycles. The second kappa shape index (κ2) is 8.96. The quantitative estimate of drug-likeness (QED) is 0.399. The summed E-state index contributed by atoms with van der Waals surface area (Å²) in [6.45, 7) is 0. The summed E-state index contributed by atoms with van der Waals surface area (Å²) in [5, 5.41) is 9.67. The summed E-state index contributed by atoms with van der Waals surface area (Å²) in [4.78, 5) is 12.8. The number of carbonyl (C=O) groups excluding carboxylic acids is 1. The molecule has 0 saturated carbocycles. The molecule has 0 unspecified atom stereocenters. The number of nitrogens with one attached hydrogen (secondary N) is 2. The van der Waals surface area contributed by atoms with Gasteiger partial charge in [0, 0.05) is 12.1 Å². The van der Waals surface area contributed by atoms with E-state index in [4.69, 9.17) is 39.5 Å². The van der Waals surface area contributed by atoms with Crippen molar-refractivity contribution in [1.29, 1.82) is 0 Å². The molecule has 3 aromatic rings. The number of aromatic nitrogens is 2. The second-order valence-corrected chi connectivity index (χ2v) is 8.49. The summed E-state index contributed by atoms with van der Waals surface area (Å²) in [6, 6.07) is 8.32. The molecule has 2 atom stereocenters. The molecule has 1 aliphatic heterocycles. The Labute approximate surface area is 201 Å². The Morgan fingerprint density at radius 3 is 2.45 bits per heavy atom. The molecule has 1 amide bonds. The number of methoxy groups -OCH3 is 1. The van der Waals surface area contributed by atoms with Crippen LogP contribution in [0.3, 0.4) is 0 Å². The molecule has 2 aromatic carbocycles. The molecule has 0 bridgehead atoms. The normalized spacial score (nSPS) is 17.8. The molecule has 12 heteroatoms. The highest BCUT2D eigenvalue weighted by atomic mass is 35.5. The lowest BCUT2D eigenvalue weighted by Crippen LogP contribution is -2.35. The van der Waals surface area contributed by atoms with Crippen LogP contribution in [0.15, 0.2) is 42.5 Å². The van der Waals surface area contributed by atoms with Crippen molar-refractivity contribution >= 4 is 52.2 Å². The number of alkyl halides is 3. The first-order valence-electron chi connectivity index (χ1n) is 9.60. The molecule has 0 radical (unpaired) electrons. The summed E-state index contributed by atoms with van der Waals surface area (Å²) < 4.78 is 47.6. The zero-order valence-electron chi connectivity index (χ0n) is 16.9. The number of fused-ring (bicyclic) bond motifs is 1. The van der Waals surface area contributed by atoms with Crippen molar-refractivity contribution in [3.05, 3.63) is 68.8 Å². The first-order valence-corrected chi connectivity index (χ1v) is 10.7. The van der Waals surface area contributed by atoms with E-state index in [0.29, 0.717) is 16.0 Å². The van der Waals surface area contributed by atoms with Crippen LogP contribution in [-0.4, -0.2) is 29.0 Å². The monoisotopic (exact) mass is 518 g/mol. The number of carbonyl (C=O) groups is 1. The zero-order chi connectivity index (χ0) is 23.9. The SMILES string of the molecule is COc1ccc([C@H]2C[C@H](C(F)(F)F)n3nc(C(=O)Nc4ccc(Cl)c(Cl)c4)c(Cl)c3N2)cc1. The molecule has 1 aliphatic rings. The average molecular weight is 520 g/mol. The molecule has 6 nitrogen and oxygen atoms in total. The maximum Gasteiger partial charge on any atom is 0.410 e. The standard InChI is InChI=1S/C21H16Cl3F3N4O2/c1-33-12-5-2-10(3-6-12)15-9-16(21(25,26)27)31-19(29-15)17(24)18(30-31)20(32)28-11-4-7-13(22)14(23)8-11/h2-8,15-16,29H,9H2,1H3,(H,28,32)/t15-,16-/m1/s1. The minimum atomic E-state index is -4.62. The minimum Gasteiger partial charge on any atom is -0.497 e. The number of hydrogen-bond acceptors (Lipinski definition) is 4. The van der Waals surface area contributed by atoms with E-state index >= 15 is 0 Å². The Kier molecular flexibility index (Phi) is 6.39. The summed E-state index contributed by atoms with van der Waals surface area (Å²) in [5.41, 5.74) is 0.540. The Morgan fingerprint density at radius 1 is 1.15 bits per heavy atom. The summed E-state index contributed by atoms with van der Waals surface area (Å²) >= 11 is 18.1. The molecule has 33 heavy (non-hydrogen) atoms. The number of halogens is 6. The molecule has 4 rings (SSSR count). The van der Waals surface area contributed by atoms with Gasteiger partial charge in [-0.3, -0.25) is 4.79 Å². The molecule has 174 valence electrons. The van der Waals surface area contributed by atoms with Crippen molar-refractivity contribution < 1.29 is 22.7 Å². The lowest BCUT2D eigenvalue weighted by Gasteiger charge is -2.33. The second-order valence-electron chi connectivity index (χ2n) is 7.30. The largest absolute Gasteiger partial charge is 0.497 e. The third kappa shape index (κ3) is 4.71. The fourth-order valence-electron chi connectivity index (χ4n) is 3.55. The fraction of sp³-hybridized carbons (Fsp3) is 0.238. The number of amides is 1. The van der Waals surface area contributed by atoms with E-state index in [0.717, 1.165) is 0 Å². The third-order valence-electron chi connectivity index (χ3n) is 5.21. The lowest BCUT2D eigenvalue weighted by atomic mass is 9.97. The topological polar surface area (TPSA) is 68.2 Å². The number of rotatable bonds is 4. The highest BCUT2D eigenvalue weighted by Crippen LogP contribution is 2.46. The predicted molar refractivity (Wildman–Crippen MR) is 121 cm³/mol. The van der Waals surface area contributed by atoms with Gasteiger partial charge in [0.25, 0.3) is 5.91 Å². The van der Waals surface area contributed by atoms with Crippen molar-refractivity contribution in [2.45, 2.75) is 24.7 Å². The molecular formula is C21H16Cl3F3N4O2. The van der Waals surface area contributed by atoms with Crippen LogP contribution in [0.2, 0.25) is 15.1 Å². The smallest absolute Gasteiger partial charge is 0.410 e. The summed E-state index contributed by atoms with van der Waals surface area (Å²) in [6.07, 6.45) is -4.96. The molecule has 0 spiro atoms. The van der Waals surface area contributed by atoms with E-state index in [1.54, 1.807) is 24.3 Å². The van der Waals surface area contributed by atoms with Gasteiger partial charge in [0.2, 0.25) is 0 Å². The molecule has 2 N–H and O–H groups in total. The predicted octanol–water partition coefficient (Wildman–Crippen LogP) is 6.76. The van der Waals surface area contributed by atoms with Gasteiger partial charge in [-0.15, -0.1) is 0 Å². The van der Waals surface area contributed by atoms with Gasteiger partial charge in [0.05, 0.1) is 23.2 Å². The number of anilines is 2. The van der Waals surface area contributed by atoms with Gasteiger partial charge in [-0.25, -0.2) is 4.68 Å². The van der Waals surface area contributed by atoms with Gasteiger partial charge < -0.3 is 15.4 Å². The Hall–Kier alpha value is -2.62. The van der Waals surface area contributed by atoms with Crippen LogP contribution in [0.1, 0.15) is 34.6 Å². The van der Waals surface area contributed by atoms with Crippen molar-refractivity contribution in [3.8, 4) is 5.75 Å². The van der Waals surface area contributed by atoms with Crippen molar-refractivity contribution in [2.24, 2.45) is 0 Å². The zero-order valence-corrected chi connectivity index (χ0v) is 19.1. The molecule has 2 heterocycles. The van der Waals surface area contributed by atoms with Crippen molar-refractivity contribution in [1.82, 2.24) is 9.78 Å². The summed E-state index contributed by atoms with van der Waals surface area (Å²) in [7, 11) is 1.50. The van der Waals surface area contributed by atoms with Gasteiger partial charge in [-0.1, -0.05) is 46.9 Å². The van der Waals surface area contributed by atoms with Crippen LogP contribution < -0.4 is 15.4 Å². The first kappa shape index (κ1) is 23.5. The van der Waals surface area contributed by atoms with E-state index in [2.05, 4.69) is 15.7 Å². The van der Waals surface area contributed by atoms with Crippen LogP contribution in [0.5, 0.6) is 5.75 Å². The highest BCUT2D eigenvalue weighted by molar-refractivity contribution is 6.42. The first-order chi connectivity index (χ1) is 15.6. The summed E-state index contributed by atoms with van der Waals surface area (Å²) in [5.74, 6) is -0.305. The number of ether oxygens (including phenoxy) is 1. The minimum absolute atomic E-state index is 0.0923. The van der Waals surface area contributed by atoms with Gasteiger partial charge in [0.15, 0.2) is 11.7 Å². The van der Waals surface area contributed by atoms with Gasteiger partial charge in [-0.05, 0) is 35.9 Å². The fourth-order valence-corrected chi connectivity index (χ4v) is 4.12. The van der Waals surface area contributed by atoms with Gasteiger partial charge in [0.1, 0.15) is 16.6 Å². The molecular weight excluding hydrogens is 504 g/mol. The third-order valence-corrected chi connectivity index (χ3v) is 6.30. The van der Waals surface area contributed by atoms with E-state index in [9.17, 15) is 18.0 Å². The van der Waals surface area contributed by atoms with E-state index in [1.165, 1.54) is 25.3 Å². The van der Waals surface area contributed by atoms with Crippen LogP contribution in [-0.2, 0) is 0 Å². The molecule has 0 aliphatic carbocycles. The Bertz CT molecular complexity index is 1200. The number of hydrogen-bond donors (Lipinski definition) is 2. The van der Waals surface area contributed by atoms with E-state index in [-0.39, 0.29) is 38.7 Å². The maximum atomic E-state index is 13.9. The van der Waals surface area contributed by atoms with Crippen molar-refractivity contribution in [2.75, 3.05) is 17.7 Å². The highest BCUT2D eigenvalue weighted by Gasteiger charge is 2.47. The molecule has 0 fully saturated rings.